The number of anilines is 4. The molecule has 9 nitrogen and oxygen atoms in total. The zero-order chi connectivity index (χ0) is 24.1. The number of rotatable bonds is 8. The Morgan fingerprint density at radius 2 is 1.74 bits per heavy atom. The van der Waals surface area contributed by atoms with Crippen molar-refractivity contribution in [1.82, 2.24) is 15.3 Å². The number of amides is 1. The van der Waals surface area contributed by atoms with Gasteiger partial charge in [-0.1, -0.05) is 0 Å². The van der Waals surface area contributed by atoms with E-state index in [1.54, 1.807) is 30.3 Å². The number of nitrogens with one attached hydrogen (secondary N) is 3. The zero-order valence-electron chi connectivity index (χ0n) is 19.2. The van der Waals surface area contributed by atoms with E-state index in [1.807, 2.05) is 13.0 Å². The normalized spacial score (nSPS) is 14.0. The van der Waals surface area contributed by atoms with Crippen molar-refractivity contribution in [2.75, 3.05) is 28.0 Å². The Morgan fingerprint density at radius 1 is 1.03 bits per heavy atom. The van der Waals surface area contributed by atoms with Gasteiger partial charge in [0.05, 0.1) is 6.54 Å². The van der Waals surface area contributed by atoms with Crippen molar-refractivity contribution in [3.63, 3.8) is 0 Å². The van der Waals surface area contributed by atoms with Gasteiger partial charge in [0.15, 0.2) is 0 Å². The minimum Gasteiger partial charge on any atom is -0.351 e. The SMILES string of the molecule is CC(=O)NCc1ccc(S(=O)(=O)Nc2ccc(Nc3cc(C)nc(N4CCCCC4)n3)cc2)s1. The number of hydrogen-bond acceptors (Lipinski definition) is 8. The number of aryl methyl sites for hydroxylation is 1. The van der Waals surface area contributed by atoms with Crippen LogP contribution in [0.3, 0.4) is 0 Å². The predicted octanol–water partition coefficient (Wildman–Crippen LogP) is 4.02. The second-order valence-corrected chi connectivity index (χ2v) is 11.3. The summed E-state index contributed by atoms with van der Waals surface area (Å²) in [5, 5.41) is 5.95. The summed E-state index contributed by atoms with van der Waals surface area (Å²) in [6, 6.07) is 12.1. The van der Waals surface area contributed by atoms with Crippen molar-refractivity contribution < 1.29 is 13.2 Å². The molecule has 0 bridgehead atoms. The number of benzene rings is 1. The van der Waals surface area contributed by atoms with E-state index >= 15 is 0 Å². The van der Waals surface area contributed by atoms with E-state index in [4.69, 9.17) is 0 Å². The molecular formula is C23H28N6O3S2. The van der Waals surface area contributed by atoms with Gasteiger partial charge in [0.2, 0.25) is 11.9 Å². The molecule has 4 rings (SSSR count). The summed E-state index contributed by atoms with van der Waals surface area (Å²) in [5.41, 5.74) is 2.13. The van der Waals surface area contributed by atoms with Gasteiger partial charge in [-0.2, -0.15) is 4.98 Å². The maximum Gasteiger partial charge on any atom is 0.271 e. The quantitative estimate of drug-likeness (QED) is 0.428. The third kappa shape index (κ3) is 6.23. The van der Waals surface area contributed by atoms with Crippen LogP contribution in [0.4, 0.5) is 23.1 Å². The third-order valence-electron chi connectivity index (χ3n) is 5.30. The Morgan fingerprint density at radius 3 is 2.44 bits per heavy atom. The molecule has 11 heteroatoms. The fourth-order valence-corrected chi connectivity index (χ4v) is 5.99. The van der Waals surface area contributed by atoms with E-state index < -0.39 is 10.0 Å². The summed E-state index contributed by atoms with van der Waals surface area (Å²) in [7, 11) is -3.72. The molecule has 0 saturated carbocycles. The Bertz CT molecular complexity index is 1250. The molecule has 0 spiro atoms. The lowest BCUT2D eigenvalue weighted by molar-refractivity contribution is -0.119. The molecule has 1 aliphatic heterocycles. The standard InChI is InChI=1S/C23H28N6O3S2/c1-16-14-21(27-23(25-16)29-12-4-3-5-13-29)26-18-6-8-19(9-7-18)28-34(31,32)22-11-10-20(33-22)15-24-17(2)30/h6-11,14,28H,3-5,12-13,15H2,1-2H3,(H,24,30)(H,25,26,27). The lowest BCUT2D eigenvalue weighted by atomic mass is 10.1. The highest BCUT2D eigenvalue weighted by molar-refractivity contribution is 7.94. The van der Waals surface area contributed by atoms with Crippen LogP contribution in [0, 0.1) is 6.92 Å². The van der Waals surface area contributed by atoms with Gasteiger partial charge in [0, 0.05) is 48.0 Å². The first-order chi connectivity index (χ1) is 16.3. The first-order valence-corrected chi connectivity index (χ1v) is 13.4. The summed E-state index contributed by atoms with van der Waals surface area (Å²) in [6.07, 6.45) is 3.55. The first kappa shape index (κ1) is 24.0. The number of sulfonamides is 1. The van der Waals surface area contributed by atoms with E-state index in [2.05, 4.69) is 30.2 Å². The predicted molar refractivity (Wildman–Crippen MR) is 135 cm³/mol. The molecule has 3 heterocycles. The summed E-state index contributed by atoms with van der Waals surface area (Å²) >= 11 is 1.12. The number of hydrogen-bond donors (Lipinski definition) is 3. The molecule has 1 aromatic carbocycles. The molecule has 0 unspecified atom stereocenters. The molecule has 3 N–H and O–H groups in total. The number of aromatic nitrogens is 2. The van der Waals surface area contributed by atoms with Crippen LogP contribution in [0.1, 0.15) is 36.8 Å². The number of carbonyl (C=O) groups excluding carboxylic acids is 1. The Balaban J connectivity index is 1.41. The summed E-state index contributed by atoms with van der Waals surface area (Å²) in [4.78, 5) is 23.3. The van der Waals surface area contributed by atoms with Crippen LogP contribution < -0.4 is 20.3 Å². The summed E-state index contributed by atoms with van der Waals surface area (Å²) < 4.78 is 28.2. The summed E-state index contributed by atoms with van der Waals surface area (Å²) in [6.45, 7) is 5.61. The van der Waals surface area contributed by atoms with E-state index in [9.17, 15) is 13.2 Å². The smallest absolute Gasteiger partial charge is 0.271 e. The fourth-order valence-electron chi connectivity index (χ4n) is 3.64. The van der Waals surface area contributed by atoms with Crippen molar-refractivity contribution in [3.8, 4) is 0 Å². The highest BCUT2D eigenvalue weighted by Gasteiger charge is 2.18. The average molecular weight is 501 g/mol. The molecule has 1 amide bonds. The van der Waals surface area contributed by atoms with Gasteiger partial charge in [-0.3, -0.25) is 9.52 Å². The van der Waals surface area contributed by atoms with Crippen LogP contribution in [0.2, 0.25) is 0 Å². The van der Waals surface area contributed by atoms with Gasteiger partial charge < -0.3 is 15.5 Å². The maximum atomic E-state index is 12.7. The minimum atomic E-state index is -3.72. The van der Waals surface area contributed by atoms with E-state index in [1.165, 1.54) is 19.4 Å². The molecule has 34 heavy (non-hydrogen) atoms. The van der Waals surface area contributed by atoms with Gasteiger partial charge in [0.25, 0.3) is 10.0 Å². The number of piperidine rings is 1. The van der Waals surface area contributed by atoms with Crippen LogP contribution in [-0.4, -0.2) is 37.4 Å². The minimum absolute atomic E-state index is 0.163. The van der Waals surface area contributed by atoms with Crippen LogP contribution in [0.25, 0.3) is 0 Å². The van der Waals surface area contributed by atoms with Crippen LogP contribution in [0.5, 0.6) is 0 Å². The van der Waals surface area contributed by atoms with Gasteiger partial charge in [0.1, 0.15) is 10.0 Å². The second kappa shape index (κ2) is 10.4. The highest BCUT2D eigenvalue weighted by Crippen LogP contribution is 2.26. The monoisotopic (exact) mass is 500 g/mol. The molecule has 0 aliphatic carbocycles. The van der Waals surface area contributed by atoms with E-state index in [-0.39, 0.29) is 10.1 Å². The number of thiophene rings is 1. The molecule has 1 aliphatic rings. The zero-order valence-corrected chi connectivity index (χ0v) is 20.8. The van der Waals surface area contributed by atoms with E-state index in [0.29, 0.717) is 18.1 Å². The van der Waals surface area contributed by atoms with Crippen LogP contribution in [0.15, 0.2) is 46.7 Å². The van der Waals surface area contributed by atoms with Crippen LogP contribution in [-0.2, 0) is 21.4 Å². The summed E-state index contributed by atoms with van der Waals surface area (Å²) in [5.74, 6) is 1.27. The maximum absolute atomic E-state index is 12.7. The number of carbonyl (C=O) groups is 1. The third-order valence-corrected chi connectivity index (χ3v) is 8.26. The average Bonchev–Trinajstić information content (AvgIpc) is 3.29. The molecule has 1 fully saturated rings. The van der Waals surface area contributed by atoms with Gasteiger partial charge in [-0.05, 0) is 62.6 Å². The highest BCUT2D eigenvalue weighted by atomic mass is 32.2. The molecular weight excluding hydrogens is 472 g/mol. The topological polar surface area (TPSA) is 116 Å². The largest absolute Gasteiger partial charge is 0.351 e. The van der Waals surface area contributed by atoms with Crippen molar-refractivity contribution in [2.24, 2.45) is 0 Å². The van der Waals surface area contributed by atoms with Gasteiger partial charge >= 0.3 is 0 Å². The molecule has 1 saturated heterocycles. The van der Waals surface area contributed by atoms with Gasteiger partial charge in [-0.15, -0.1) is 11.3 Å². The first-order valence-electron chi connectivity index (χ1n) is 11.1. The van der Waals surface area contributed by atoms with Gasteiger partial charge in [-0.25, -0.2) is 13.4 Å². The molecule has 0 radical (unpaired) electrons. The Kier molecular flexibility index (Phi) is 7.32. The van der Waals surface area contributed by atoms with Crippen molar-refractivity contribution in [3.05, 3.63) is 53.0 Å². The van der Waals surface area contributed by atoms with Crippen LogP contribution >= 0.6 is 11.3 Å². The fraction of sp³-hybridized carbons (Fsp3) is 0.348. The molecule has 0 atom stereocenters. The lowest BCUT2D eigenvalue weighted by Crippen LogP contribution is -2.31. The van der Waals surface area contributed by atoms with Crippen molar-refractivity contribution in [1.29, 1.82) is 0 Å². The molecule has 3 aromatic rings. The Hall–Kier alpha value is -3.18. The second-order valence-electron chi connectivity index (χ2n) is 8.18. The van der Waals surface area contributed by atoms with E-state index in [0.717, 1.165) is 59.5 Å². The number of nitrogens with zero attached hydrogens (tertiary/aromatic N) is 3. The lowest BCUT2D eigenvalue weighted by Gasteiger charge is -2.27. The van der Waals surface area contributed by atoms with Crippen molar-refractivity contribution >= 4 is 50.4 Å². The molecule has 2 aromatic heterocycles. The molecule has 180 valence electrons. The van der Waals surface area contributed by atoms with Crippen molar-refractivity contribution in [2.45, 2.75) is 43.9 Å². The Labute approximate surface area is 203 Å².